The molecule has 0 saturated carbocycles. The third-order valence-electron chi connectivity index (χ3n) is 1.58. The highest BCUT2D eigenvalue weighted by atomic mass is 127. The predicted molar refractivity (Wildman–Crippen MR) is 75.0 cm³/mol. The average molecular weight is 465 g/mol. The van der Waals surface area contributed by atoms with E-state index in [4.69, 9.17) is 0 Å². The molecule has 1 aromatic carbocycles. The second-order valence-electron chi connectivity index (χ2n) is 2.32. The molecular weight excluding hydrogens is 462 g/mol. The summed E-state index contributed by atoms with van der Waals surface area (Å²) in [5.74, 6) is 0. The van der Waals surface area contributed by atoms with E-state index in [1.165, 1.54) is 21.7 Å². The van der Waals surface area contributed by atoms with Gasteiger partial charge in [0.15, 0.2) is 0 Å². The topological polar surface area (TPSA) is 0 Å². The fourth-order valence-corrected chi connectivity index (χ4v) is 4.39. The lowest BCUT2D eigenvalue weighted by atomic mass is 10.3. The van der Waals surface area contributed by atoms with Crippen LogP contribution in [0.15, 0.2) is 22.0 Å². The van der Waals surface area contributed by atoms with Gasteiger partial charge in [-0.15, -0.1) is 11.3 Å². The van der Waals surface area contributed by atoms with Crippen molar-refractivity contribution in [1.82, 2.24) is 0 Å². The van der Waals surface area contributed by atoms with Crippen molar-refractivity contribution in [3.63, 3.8) is 0 Å². The zero-order chi connectivity index (χ0) is 8.72. The highest BCUT2D eigenvalue weighted by molar-refractivity contribution is 14.1. The van der Waals surface area contributed by atoms with E-state index in [0.29, 0.717) is 0 Å². The van der Waals surface area contributed by atoms with Crippen molar-refractivity contribution in [2.45, 2.75) is 0 Å². The molecule has 0 amide bonds. The highest BCUT2D eigenvalue weighted by Gasteiger charge is 2.07. The van der Waals surface area contributed by atoms with Crippen LogP contribution in [0, 0.1) is 7.14 Å². The third-order valence-corrected chi connectivity index (χ3v) is 6.46. The van der Waals surface area contributed by atoms with Gasteiger partial charge in [0.2, 0.25) is 0 Å². The molecule has 62 valence electrons. The average Bonchev–Trinajstić information content (AvgIpc) is 2.48. The van der Waals surface area contributed by atoms with Crippen LogP contribution in [0.4, 0.5) is 0 Å². The fourth-order valence-electron chi connectivity index (χ4n) is 1.04. The van der Waals surface area contributed by atoms with Crippen LogP contribution in [-0.4, -0.2) is 0 Å². The maximum atomic E-state index is 3.56. The second-order valence-corrected chi connectivity index (χ2v) is 6.33. The summed E-state index contributed by atoms with van der Waals surface area (Å²) in [4.78, 5) is 0. The SMILES string of the molecule is Brc1cc(I)c(I)c2ccsc12. The Morgan fingerprint density at radius 1 is 1.33 bits per heavy atom. The van der Waals surface area contributed by atoms with E-state index in [9.17, 15) is 0 Å². The maximum absolute atomic E-state index is 3.56. The Morgan fingerprint density at radius 2 is 2.08 bits per heavy atom. The van der Waals surface area contributed by atoms with Crippen LogP contribution >= 0.6 is 72.4 Å². The molecular formula is C8H3BrI2S. The van der Waals surface area contributed by atoms with Gasteiger partial charge in [-0.3, -0.25) is 0 Å². The van der Waals surface area contributed by atoms with Crippen LogP contribution in [0.1, 0.15) is 0 Å². The standard InChI is InChI=1S/C8H3BrI2S/c9-5-3-6(10)7(11)4-1-2-12-8(4)5/h1-3H. The van der Waals surface area contributed by atoms with E-state index >= 15 is 0 Å². The first-order valence-corrected chi connectivity index (χ1v) is 7.04. The van der Waals surface area contributed by atoms with Crippen molar-refractivity contribution in [3.05, 3.63) is 29.1 Å². The molecule has 2 rings (SSSR count). The summed E-state index contributed by atoms with van der Waals surface area (Å²) >= 11 is 10.1. The summed E-state index contributed by atoms with van der Waals surface area (Å²) in [6, 6.07) is 4.34. The fraction of sp³-hybridized carbons (Fsp3) is 0. The van der Waals surface area contributed by atoms with Crippen molar-refractivity contribution >= 4 is 82.5 Å². The van der Waals surface area contributed by atoms with E-state index in [-0.39, 0.29) is 0 Å². The number of halogens is 3. The first-order chi connectivity index (χ1) is 5.70. The smallest absolute Gasteiger partial charge is 0.0496 e. The molecule has 0 unspecified atom stereocenters. The molecule has 0 aliphatic rings. The lowest BCUT2D eigenvalue weighted by molar-refractivity contribution is 1.65. The molecule has 0 bridgehead atoms. The van der Waals surface area contributed by atoms with E-state index < -0.39 is 0 Å². The zero-order valence-electron chi connectivity index (χ0n) is 5.77. The summed E-state index contributed by atoms with van der Waals surface area (Å²) < 4.78 is 5.22. The lowest BCUT2D eigenvalue weighted by Gasteiger charge is -2.00. The van der Waals surface area contributed by atoms with E-state index in [1.54, 1.807) is 11.3 Å². The van der Waals surface area contributed by atoms with Crippen LogP contribution in [0.2, 0.25) is 0 Å². The minimum absolute atomic E-state index is 1.21. The van der Waals surface area contributed by atoms with E-state index in [0.717, 1.165) is 0 Å². The zero-order valence-corrected chi connectivity index (χ0v) is 12.5. The van der Waals surface area contributed by atoms with Gasteiger partial charge in [-0.1, -0.05) is 0 Å². The molecule has 0 saturated heterocycles. The third kappa shape index (κ3) is 1.55. The Hall–Kier alpha value is 1.12. The molecule has 0 atom stereocenters. The quantitative estimate of drug-likeness (QED) is 0.385. The van der Waals surface area contributed by atoms with Crippen molar-refractivity contribution in [3.8, 4) is 0 Å². The van der Waals surface area contributed by atoms with Gasteiger partial charge in [0.05, 0.1) is 0 Å². The largest absolute Gasteiger partial charge is 0.143 e. The summed E-state index contributed by atoms with van der Waals surface area (Å²) in [7, 11) is 0. The number of benzene rings is 1. The number of thiophene rings is 1. The van der Waals surface area contributed by atoms with Crippen LogP contribution in [0.25, 0.3) is 10.1 Å². The number of hydrogen-bond donors (Lipinski definition) is 0. The van der Waals surface area contributed by atoms with Crippen molar-refractivity contribution in [1.29, 1.82) is 0 Å². The van der Waals surface area contributed by atoms with Gasteiger partial charge in [-0.05, 0) is 78.6 Å². The summed E-state index contributed by atoms with van der Waals surface area (Å²) in [6.07, 6.45) is 0. The summed E-state index contributed by atoms with van der Waals surface area (Å²) in [5.41, 5.74) is 0. The Kier molecular flexibility index (Phi) is 2.98. The first kappa shape index (κ1) is 9.67. The van der Waals surface area contributed by atoms with Gasteiger partial charge in [0.1, 0.15) is 0 Å². The second kappa shape index (κ2) is 3.70. The van der Waals surface area contributed by atoms with Gasteiger partial charge in [-0.25, -0.2) is 0 Å². The van der Waals surface area contributed by atoms with Crippen molar-refractivity contribution in [2.24, 2.45) is 0 Å². The molecule has 1 aromatic heterocycles. The molecule has 0 spiro atoms. The molecule has 0 fully saturated rings. The predicted octanol–water partition coefficient (Wildman–Crippen LogP) is 4.87. The maximum Gasteiger partial charge on any atom is 0.0496 e. The number of rotatable bonds is 0. The lowest BCUT2D eigenvalue weighted by Crippen LogP contribution is -1.79. The molecule has 0 nitrogen and oxygen atoms in total. The summed E-state index contributed by atoms with van der Waals surface area (Å²) in [5, 5.41) is 3.49. The Labute approximate surface area is 110 Å². The van der Waals surface area contributed by atoms with Gasteiger partial charge < -0.3 is 0 Å². The van der Waals surface area contributed by atoms with Crippen LogP contribution in [-0.2, 0) is 0 Å². The van der Waals surface area contributed by atoms with Crippen molar-refractivity contribution < 1.29 is 0 Å². The molecule has 1 heterocycles. The van der Waals surface area contributed by atoms with Gasteiger partial charge in [0.25, 0.3) is 0 Å². The van der Waals surface area contributed by atoms with Gasteiger partial charge >= 0.3 is 0 Å². The molecule has 0 aliphatic carbocycles. The molecule has 0 N–H and O–H groups in total. The monoisotopic (exact) mass is 464 g/mol. The first-order valence-electron chi connectivity index (χ1n) is 3.21. The Balaban J connectivity index is 2.97. The molecule has 0 aliphatic heterocycles. The molecule has 12 heavy (non-hydrogen) atoms. The Morgan fingerprint density at radius 3 is 2.83 bits per heavy atom. The Bertz CT molecular complexity index is 436. The number of fused-ring (bicyclic) bond motifs is 1. The summed E-state index contributed by atoms with van der Waals surface area (Å²) in [6.45, 7) is 0. The van der Waals surface area contributed by atoms with Gasteiger partial charge in [0, 0.05) is 21.7 Å². The van der Waals surface area contributed by atoms with Gasteiger partial charge in [-0.2, -0.15) is 0 Å². The molecule has 2 aromatic rings. The normalized spacial score (nSPS) is 10.9. The van der Waals surface area contributed by atoms with E-state index in [1.807, 2.05) is 0 Å². The minimum Gasteiger partial charge on any atom is -0.143 e. The number of hydrogen-bond acceptors (Lipinski definition) is 1. The van der Waals surface area contributed by atoms with Crippen LogP contribution < -0.4 is 0 Å². The van der Waals surface area contributed by atoms with Crippen molar-refractivity contribution in [2.75, 3.05) is 0 Å². The van der Waals surface area contributed by atoms with Crippen LogP contribution in [0.5, 0.6) is 0 Å². The highest BCUT2D eigenvalue weighted by Crippen LogP contribution is 2.35. The van der Waals surface area contributed by atoms with Crippen LogP contribution in [0.3, 0.4) is 0 Å². The molecule has 4 heteroatoms. The minimum atomic E-state index is 1.21. The molecule has 0 radical (unpaired) electrons. The van der Waals surface area contributed by atoms with E-state index in [2.05, 4.69) is 78.6 Å².